The molecule has 2 N–H and O–H groups in total. The molecule has 0 aliphatic rings. The zero-order valence-corrected chi connectivity index (χ0v) is 26.9. The van der Waals surface area contributed by atoms with Gasteiger partial charge in [-0.1, -0.05) is 25.1 Å². The molecule has 3 aromatic heterocycles. The minimum atomic E-state index is -2.10. The summed E-state index contributed by atoms with van der Waals surface area (Å²) >= 11 is 1.23. The number of halogens is 2. The van der Waals surface area contributed by atoms with Crippen LogP contribution in [0.1, 0.15) is 45.2 Å². The van der Waals surface area contributed by atoms with Crippen molar-refractivity contribution in [2.75, 3.05) is 25.5 Å². The quantitative estimate of drug-likeness (QED) is 0.184. The van der Waals surface area contributed by atoms with Crippen molar-refractivity contribution >= 4 is 29.0 Å². The second kappa shape index (κ2) is 14.6. The Morgan fingerprint density at radius 3 is 2.69 bits per heavy atom. The Labute approximate surface area is 278 Å². The van der Waals surface area contributed by atoms with E-state index in [1.165, 1.54) is 40.5 Å². The molecule has 2 atom stereocenters. The second-order valence-electron chi connectivity index (χ2n) is 10.8. The summed E-state index contributed by atoms with van der Waals surface area (Å²) in [5.74, 6) is -3.67. The van der Waals surface area contributed by atoms with E-state index in [-0.39, 0.29) is 30.4 Å². The number of anilines is 1. The van der Waals surface area contributed by atoms with Gasteiger partial charge in [0.25, 0.3) is 5.91 Å². The molecule has 15 heteroatoms. The molecule has 2 aromatic carbocycles. The van der Waals surface area contributed by atoms with Gasteiger partial charge in [-0.15, -0.1) is 16.4 Å². The highest BCUT2D eigenvalue weighted by molar-refractivity contribution is 7.10. The fourth-order valence-corrected chi connectivity index (χ4v) is 5.96. The van der Waals surface area contributed by atoms with E-state index in [4.69, 9.17) is 10.00 Å². The maximum absolute atomic E-state index is 15.3. The third-order valence-electron chi connectivity index (χ3n) is 7.64. The van der Waals surface area contributed by atoms with Crippen molar-refractivity contribution in [1.29, 1.82) is 5.26 Å². The van der Waals surface area contributed by atoms with Crippen LogP contribution >= 0.6 is 11.3 Å². The maximum Gasteiger partial charge on any atom is 0.320 e. The number of nitrogens with zero attached hydrogens (tertiary/aromatic N) is 7. The van der Waals surface area contributed by atoms with Crippen LogP contribution in [0.25, 0.3) is 11.3 Å². The average molecular weight is 673 g/mol. The standard InChI is InChI=1S/C33H30F2N8O4S/c1-20(31-40-27(17-48-31)22-8-6-21(14-36)7-9-22)33(46,25-13-24(34)10-11-26(25)35)18-43-19-39-29(41-43)32(45)42(3)30-23(5-4-12-38-30)16-47-28(44)15-37-2/h4-13,17,19-20,37,46H,15-16,18H2,1-3H3/t20-,33+/m0/s1. The van der Waals surface area contributed by atoms with Crippen LogP contribution in [-0.4, -0.2) is 62.4 Å². The van der Waals surface area contributed by atoms with Crippen LogP contribution < -0.4 is 10.2 Å². The summed E-state index contributed by atoms with van der Waals surface area (Å²) in [6, 6.07) is 15.0. The highest BCUT2D eigenvalue weighted by Gasteiger charge is 2.42. The number of nitriles is 1. The van der Waals surface area contributed by atoms with Gasteiger partial charge in [0.1, 0.15) is 36.0 Å². The molecule has 1 amide bonds. The SMILES string of the molecule is CNCC(=O)OCc1cccnc1N(C)C(=O)c1ncn(C[C@](O)(c2cc(F)ccc2F)[C@@H](C)c2nc(-c3ccc(C#N)cc3)cs2)n1. The van der Waals surface area contributed by atoms with E-state index in [0.717, 1.165) is 23.8 Å². The minimum absolute atomic E-state index is 0.0110. The number of carbonyl (C=O) groups is 2. The van der Waals surface area contributed by atoms with E-state index in [1.54, 1.807) is 55.7 Å². The number of ether oxygens (including phenoxy) is 1. The Morgan fingerprint density at radius 1 is 1.19 bits per heavy atom. The van der Waals surface area contributed by atoms with E-state index >= 15 is 4.39 Å². The number of aromatic nitrogens is 5. The fourth-order valence-electron chi connectivity index (χ4n) is 4.98. The minimum Gasteiger partial charge on any atom is -0.460 e. The maximum atomic E-state index is 15.3. The zero-order valence-electron chi connectivity index (χ0n) is 26.1. The van der Waals surface area contributed by atoms with Crippen LogP contribution in [0.2, 0.25) is 0 Å². The lowest BCUT2D eigenvalue weighted by Crippen LogP contribution is -2.38. The summed E-state index contributed by atoms with van der Waals surface area (Å²) in [4.78, 5) is 39.6. The summed E-state index contributed by atoms with van der Waals surface area (Å²) in [6.07, 6.45) is 2.68. The first kappa shape index (κ1) is 33.9. The first-order valence-electron chi connectivity index (χ1n) is 14.6. The van der Waals surface area contributed by atoms with Crippen molar-refractivity contribution in [3.05, 3.63) is 112 Å². The van der Waals surface area contributed by atoms with Crippen molar-refractivity contribution in [3.8, 4) is 17.3 Å². The molecule has 12 nitrogen and oxygen atoms in total. The van der Waals surface area contributed by atoms with Gasteiger partial charge in [-0.05, 0) is 43.4 Å². The van der Waals surface area contributed by atoms with Crippen molar-refractivity contribution in [1.82, 2.24) is 30.0 Å². The average Bonchev–Trinajstić information content (AvgIpc) is 3.78. The van der Waals surface area contributed by atoms with Crippen molar-refractivity contribution in [2.24, 2.45) is 0 Å². The summed E-state index contributed by atoms with van der Waals surface area (Å²) in [5, 5.41) is 30.5. The molecule has 5 rings (SSSR count). The summed E-state index contributed by atoms with van der Waals surface area (Å²) < 4.78 is 36.2. The summed E-state index contributed by atoms with van der Waals surface area (Å²) in [5.41, 5.74) is -0.156. The summed E-state index contributed by atoms with van der Waals surface area (Å²) in [6.45, 7) is 1.10. The van der Waals surface area contributed by atoms with Crippen molar-refractivity contribution in [2.45, 2.75) is 31.6 Å². The van der Waals surface area contributed by atoms with E-state index < -0.39 is 41.6 Å². The van der Waals surface area contributed by atoms with Gasteiger partial charge in [0.05, 0.1) is 35.4 Å². The van der Waals surface area contributed by atoms with Gasteiger partial charge in [-0.3, -0.25) is 14.5 Å². The molecule has 0 fully saturated rings. The molecule has 5 aromatic rings. The van der Waals surface area contributed by atoms with E-state index in [1.807, 2.05) is 0 Å². The van der Waals surface area contributed by atoms with Crippen LogP contribution in [0.5, 0.6) is 0 Å². The molecule has 0 unspecified atom stereocenters. The third-order valence-corrected chi connectivity index (χ3v) is 8.67. The molecular formula is C33H30F2N8O4S. The first-order valence-corrected chi connectivity index (χ1v) is 15.5. The largest absolute Gasteiger partial charge is 0.460 e. The van der Waals surface area contributed by atoms with Gasteiger partial charge >= 0.3 is 5.97 Å². The van der Waals surface area contributed by atoms with E-state index in [9.17, 15) is 19.1 Å². The number of amides is 1. The van der Waals surface area contributed by atoms with Gasteiger partial charge in [0, 0.05) is 41.2 Å². The van der Waals surface area contributed by atoms with Crippen LogP contribution in [-0.2, 0) is 28.3 Å². The number of rotatable bonds is 12. The number of benzene rings is 2. The van der Waals surface area contributed by atoms with Crippen LogP contribution in [0.3, 0.4) is 0 Å². The van der Waals surface area contributed by atoms with Gasteiger partial charge in [0.2, 0.25) is 5.82 Å². The number of esters is 1. The predicted octanol–water partition coefficient (Wildman–Crippen LogP) is 4.18. The molecule has 3 heterocycles. The Kier molecular flexibility index (Phi) is 10.3. The number of pyridine rings is 1. The number of hydrogen-bond acceptors (Lipinski definition) is 11. The fraction of sp³-hybridized carbons (Fsp3) is 0.242. The molecule has 246 valence electrons. The Morgan fingerprint density at radius 2 is 1.96 bits per heavy atom. The predicted molar refractivity (Wildman–Crippen MR) is 172 cm³/mol. The van der Waals surface area contributed by atoms with Gasteiger partial charge in [-0.2, -0.15) is 5.26 Å². The lowest BCUT2D eigenvalue weighted by Gasteiger charge is -2.33. The van der Waals surface area contributed by atoms with Crippen LogP contribution in [0, 0.1) is 23.0 Å². The zero-order chi connectivity index (χ0) is 34.4. The molecular weight excluding hydrogens is 642 g/mol. The van der Waals surface area contributed by atoms with Crippen LogP contribution in [0.4, 0.5) is 14.6 Å². The van der Waals surface area contributed by atoms with Crippen molar-refractivity contribution < 1.29 is 28.2 Å². The molecule has 0 saturated heterocycles. The normalized spacial score (nSPS) is 12.9. The van der Waals surface area contributed by atoms with Crippen molar-refractivity contribution in [3.63, 3.8) is 0 Å². The third kappa shape index (κ3) is 7.26. The van der Waals surface area contributed by atoms with Gasteiger partial charge in [0.15, 0.2) is 0 Å². The Bertz CT molecular complexity index is 1980. The first-order chi connectivity index (χ1) is 23.0. The Balaban J connectivity index is 1.42. The van der Waals surface area contributed by atoms with E-state index in [2.05, 4.69) is 31.4 Å². The van der Waals surface area contributed by atoms with E-state index in [0.29, 0.717) is 21.8 Å². The molecule has 48 heavy (non-hydrogen) atoms. The lowest BCUT2D eigenvalue weighted by molar-refractivity contribution is -0.143. The molecule has 0 saturated carbocycles. The smallest absolute Gasteiger partial charge is 0.320 e. The second-order valence-corrected chi connectivity index (χ2v) is 11.7. The number of likely N-dealkylation sites (N-methyl/N-ethyl adjacent to an activating group) is 1. The topological polar surface area (TPSA) is 159 Å². The lowest BCUT2D eigenvalue weighted by atomic mass is 9.82. The Hall–Kier alpha value is -5.43. The monoisotopic (exact) mass is 672 g/mol. The van der Waals surface area contributed by atoms with Gasteiger partial charge < -0.3 is 15.2 Å². The van der Waals surface area contributed by atoms with Crippen LogP contribution in [0.15, 0.2) is 72.5 Å². The number of carbonyl (C=O) groups excluding carboxylic acids is 2. The van der Waals surface area contributed by atoms with Gasteiger partial charge in [-0.25, -0.2) is 28.4 Å². The number of aliphatic hydroxyl groups is 1. The number of hydrogen-bond donors (Lipinski definition) is 2. The highest BCUT2D eigenvalue weighted by Crippen LogP contribution is 2.41. The molecule has 0 radical (unpaired) electrons. The number of thiazole rings is 1. The molecule has 0 spiro atoms. The highest BCUT2D eigenvalue weighted by atomic mass is 32.1. The molecule has 0 aliphatic carbocycles. The summed E-state index contributed by atoms with van der Waals surface area (Å²) in [7, 11) is 3.07. The number of nitrogens with one attached hydrogen (secondary N) is 1. The molecule has 0 aliphatic heterocycles. The molecule has 0 bridgehead atoms.